The molecule has 0 aromatic carbocycles. The molecule has 4 aliphatic heterocycles. The standard InChI is InChI=1S/C81H140N24O32/c1-57(101-28-18-93(45-69(117)118)12-6-90(42-66(111)112)7-13-94(19-29-101)46-70(119)120)77(133)82-38-62(107)86-53-81(54-87-63(108)39-83-78(134)58(2)102-30-20-95(47-71(121)122)14-8-91(43-67(113)114)9-15-96(21-31-102)48-72(123)124,55-88-64(109)40-84-79(135)59(3)103-32-22-97(49-73(125)126)16-10-92(44-68(115)116)11-17-98(23-33-103)50-74(127)128)56-89-65(110)41-85-80(136)60(4)104-34-24-99(51-75(129)130)26-36-105(137-61(5)106)37-27-100(25-35-104)52-76(131)132/h57-60H,6-56H2,1-5H3,(H,82,133)(H,83,134)(H,84,135)(H,85,136)(H,86,107)(H,87,108)(H,88,109)(H,89,110)(H,111,112)(H,113,114)(H,115,116)(H,117,118)(H,119,120)(H,121,122)(H,123,124)(H,125,126)(H,127,128)(H,129,130)(H,131,132). The SMILES string of the molecule is CC(=O)ON1CCN(CC(=O)O)CCN(C(C)C(=O)NCC(=O)NCC(CNC(=O)CNC(=O)C(C)N2CCN(CC(=O)O)CCN(CC(=O)O)CCN(CC(=O)O)CC2)(CNC(=O)CNC(=O)C(C)N2CCN(CC(=O)O)CCN(CC(=O)O)CCN(CC(=O)O)CC2)CNC(=O)CNC(=O)C(C)N2CCN(CC(=O)O)CCN(CC(=O)O)CCN(CC(=O)O)CC2)CCN(CC(=O)O)CC1. The fourth-order valence-electron chi connectivity index (χ4n) is 15.5. The van der Waals surface area contributed by atoms with Crippen molar-refractivity contribution in [2.45, 2.75) is 58.8 Å². The van der Waals surface area contributed by atoms with Gasteiger partial charge in [0.1, 0.15) is 0 Å². The number of hydrogen-bond donors (Lipinski definition) is 19. The van der Waals surface area contributed by atoms with Crippen LogP contribution in [0.3, 0.4) is 0 Å². The zero-order valence-electron chi connectivity index (χ0n) is 78.5. The molecule has 0 spiro atoms. The highest BCUT2D eigenvalue weighted by molar-refractivity contribution is 5.90. The van der Waals surface area contributed by atoms with E-state index in [1.807, 2.05) is 0 Å². The summed E-state index contributed by atoms with van der Waals surface area (Å²) < 4.78 is 0. The lowest BCUT2D eigenvalue weighted by atomic mass is 9.86. The van der Waals surface area contributed by atoms with Crippen molar-refractivity contribution in [2.24, 2.45) is 5.41 Å². The van der Waals surface area contributed by atoms with E-state index in [1.165, 1.54) is 86.7 Å². The van der Waals surface area contributed by atoms with E-state index in [9.17, 15) is 152 Å². The number of carbonyl (C=O) groups is 20. The molecule has 8 amide bonds. The van der Waals surface area contributed by atoms with Crippen molar-refractivity contribution in [3.8, 4) is 0 Å². The Morgan fingerprint density at radius 3 is 0.482 bits per heavy atom. The van der Waals surface area contributed by atoms with E-state index < -0.39 is 273 Å². The third-order valence-electron chi connectivity index (χ3n) is 23.6. The molecular weight excluding hydrogens is 1820 g/mol. The summed E-state index contributed by atoms with van der Waals surface area (Å²) in [6.45, 7) is -3.39. The molecule has 776 valence electrons. The first-order valence-electron chi connectivity index (χ1n) is 45.1. The van der Waals surface area contributed by atoms with Crippen LogP contribution in [-0.2, 0) is 101 Å². The quantitative estimate of drug-likeness (QED) is 0.0269. The Hall–Kier alpha value is -11.2. The number of carbonyl (C=O) groups excluding carboxylic acids is 9. The minimum absolute atomic E-state index is 0.00351. The molecule has 4 aliphatic rings. The van der Waals surface area contributed by atoms with E-state index in [0.29, 0.717) is 0 Å². The fourth-order valence-corrected chi connectivity index (χ4v) is 15.5. The molecule has 4 heterocycles. The van der Waals surface area contributed by atoms with E-state index in [0.717, 1.165) is 6.92 Å². The fraction of sp³-hybridized carbons (Fsp3) is 0.753. The van der Waals surface area contributed by atoms with Gasteiger partial charge in [-0.2, -0.15) is 0 Å². The second kappa shape index (κ2) is 62.6. The monoisotopic (exact) mass is 1960 g/mol. The van der Waals surface area contributed by atoms with Crippen molar-refractivity contribution >= 4 is 119 Å². The van der Waals surface area contributed by atoms with Crippen LogP contribution in [0.2, 0.25) is 0 Å². The van der Waals surface area contributed by atoms with E-state index in [1.54, 1.807) is 19.6 Å². The molecule has 4 rings (SSSR count). The van der Waals surface area contributed by atoms with E-state index in [2.05, 4.69) is 42.5 Å². The van der Waals surface area contributed by atoms with Crippen LogP contribution < -0.4 is 42.5 Å². The second-order valence-electron chi connectivity index (χ2n) is 34.2. The maximum absolute atomic E-state index is 14.5. The van der Waals surface area contributed by atoms with Crippen molar-refractivity contribution in [1.82, 2.24) is 121 Å². The lowest BCUT2D eigenvalue weighted by Gasteiger charge is -2.36. The number of aliphatic carboxylic acids is 11. The summed E-state index contributed by atoms with van der Waals surface area (Å²) in [5.41, 5.74) is -1.88. The van der Waals surface area contributed by atoms with Crippen LogP contribution in [0.25, 0.3) is 0 Å². The maximum Gasteiger partial charge on any atom is 0.322 e. The van der Waals surface area contributed by atoms with Crippen LogP contribution in [0.5, 0.6) is 0 Å². The second-order valence-corrected chi connectivity index (χ2v) is 34.2. The molecule has 0 bridgehead atoms. The summed E-state index contributed by atoms with van der Waals surface area (Å²) in [5, 5.41) is 130. The average Bonchev–Trinajstić information content (AvgIpc) is 0.831. The molecule has 4 unspecified atom stereocenters. The van der Waals surface area contributed by atoms with Crippen LogP contribution in [0.4, 0.5) is 0 Å². The number of rotatable bonds is 47. The predicted molar refractivity (Wildman–Crippen MR) is 479 cm³/mol. The molecule has 4 fully saturated rings. The molecule has 0 saturated carbocycles. The molecule has 56 heteroatoms. The minimum Gasteiger partial charge on any atom is -0.480 e. The highest BCUT2D eigenvalue weighted by Crippen LogP contribution is 2.17. The van der Waals surface area contributed by atoms with Crippen molar-refractivity contribution in [3.63, 3.8) is 0 Å². The van der Waals surface area contributed by atoms with E-state index in [-0.39, 0.29) is 209 Å². The molecule has 0 aromatic rings. The molecule has 19 N–H and O–H groups in total. The Morgan fingerprint density at radius 2 is 0.350 bits per heavy atom. The Morgan fingerprint density at radius 1 is 0.219 bits per heavy atom. The Bertz CT molecular complexity index is 3390. The summed E-state index contributed by atoms with van der Waals surface area (Å²) >= 11 is 0. The number of nitrogens with one attached hydrogen (secondary N) is 8. The van der Waals surface area contributed by atoms with E-state index in [4.69, 9.17) is 4.84 Å². The molecule has 4 atom stereocenters. The van der Waals surface area contributed by atoms with Crippen molar-refractivity contribution in [2.75, 3.05) is 334 Å². The van der Waals surface area contributed by atoms with Crippen molar-refractivity contribution < 1.29 is 157 Å². The number of hydrogen-bond acceptors (Lipinski definition) is 37. The van der Waals surface area contributed by atoms with Gasteiger partial charge in [-0.25, -0.2) is 0 Å². The average molecular weight is 1960 g/mol. The highest BCUT2D eigenvalue weighted by Gasteiger charge is 2.37. The van der Waals surface area contributed by atoms with Gasteiger partial charge in [-0.15, -0.1) is 5.06 Å². The number of hydroxylamine groups is 2. The van der Waals surface area contributed by atoms with Gasteiger partial charge in [0.2, 0.25) is 47.3 Å². The first-order valence-corrected chi connectivity index (χ1v) is 45.1. The molecule has 0 aliphatic carbocycles. The first kappa shape index (κ1) is 118. The van der Waals surface area contributed by atoms with Gasteiger partial charge in [0.25, 0.3) is 0 Å². The van der Waals surface area contributed by atoms with Crippen molar-refractivity contribution in [1.29, 1.82) is 0 Å². The summed E-state index contributed by atoms with van der Waals surface area (Å²) in [7, 11) is 0. The van der Waals surface area contributed by atoms with Crippen LogP contribution in [-0.4, -0.2) is 612 Å². The lowest BCUT2D eigenvalue weighted by molar-refractivity contribution is -0.190. The summed E-state index contributed by atoms with van der Waals surface area (Å²) in [6.07, 6.45) is 0. The molecule has 56 nitrogen and oxygen atoms in total. The highest BCUT2D eigenvalue weighted by atomic mass is 16.7. The normalized spacial score (nSPS) is 19.6. The molecule has 0 radical (unpaired) electrons. The van der Waals surface area contributed by atoms with Gasteiger partial charge in [0.05, 0.1) is 122 Å². The largest absolute Gasteiger partial charge is 0.480 e. The Kier molecular flexibility index (Phi) is 53.9. The first-order chi connectivity index (χ1) is 64.6. The topological polar surface area (TPSA) is 721 Å². The van der Waals surface area contributed by atoms with Gasteiger partial charge in [-0.1, -0.05) is 0 Å². The zero-order valence-corrected chi connectivity index (χ0v) is 78.5. The predicted octanol–water partition coefficient (Wildman–Crippen LogP) is -13.2. The smallest absolute Gasteiger partial charge is 0.322 e. The third-order valence-corrected chi connectivity index (χ3v) is 23.6. The van der Waals surface area contributed by atoms with E-state index >= 15 is 0 Å². The van der Waals surface area contributed by atoms with Crippen LogP contribution in [0.15, 0.2) is 0 Å². The molecule has 4 saturated heterocycles. The molecule has 0 aromatic heterocycles. The number of nitrogens with zero attached hydrogens (tertiary/aromatic N) is 16. The van der Waals surface area contributed by atoms with Crippen LogP contribution in [0.1, 0.15) is 34.6 Å². The van der Waals surface area contributed by atoms with Crippen LogP contribution in [0, 0.1) is 5.41 Å². The number of carboxylic acids is 11. The summed E-state index contributed by atoms with van der Waals surface area (Å²) in [4.78, 5) is 288. The van der Waals surface area contributed by atoms with Gasteiger partial charge in [0, 0.05) is 248 Å². The van der Waals surface area contributed by atoms with Gasteiger partial charge in [-0.3, -0.25) is 169 Å². The lowest BCUT2D eigenvalue weighted by Crippen LogP contribution is -2.59. The maximum atomic E-state index is 14.5. The van der Waals surface area contributed by atoms with Crippen molar-refractivity contribution in [3.05, 3.63) is 0 Å². The number of amides is 8. The van der Waals surface area contributed by atoms with Gasteiger partial charge in [-0.05, 0) is 27.7 Å². The minimum atomic E-state index is -1.88. The third kappa shape index (κ3) is 50.6. The van der Waals surface area contributed by atoms with Gasteiger partial charge < -0.3 is 104 Å². The summed E-state index contributed by atoms with van der Waals surface area (Å²) in [5.74, 6) is -20.8. The van der Waals surface area contributed by atoms with Gasteiger partial charge in [0.15, 0.2) is 0 Å². The molecular formula is C81H140N24O32. The zero-order chi connectivity index (χ0) is 102. The Balaban J connectivity index is 1.81. The summed E-state index contributed by atoms with van der Waals surface area (Å²) in [6, 6.07) is -4.52. The Labute approximate surface area is 792 Å². The van der Waals surface area contributed by atoms with Crippen LogP contribution >= 0.6 is 0 Å². The molecule has 137 heavy (non-hydrogen) atoms. The van der Waals surface area contributed by atoms with Gasteiger partial charge >= 0.3 is 71.6 Å². The number of carboxylic acid groups (broad SMARTS) is 11.